The zero-order valence-electron chi connectivity index (χ0n) is 10.7. The van der Waals surface area contributed by atoms with Crippen molar-refractivity contribution in [3.63, 3.8) is 0 Å². The number of anilines is 2. The van der Waals surface area contributed by atoms with Gasteiger partial charge in [-0.1, -0.05) is 0 Å². The summed E-state index contributed by atoms with van der Waals surface area (Å²) in [5, 5.41) is 14.2. The van der Waals surface area contributed by atoms with E-state index in [0.717, 1.165) is 12.2 Å². The fourth-order valence-corrected chi connectivity index (χ4v) is 3.15. The molecule has 19 heavy (non-hydrogen) atoms. The first kappa shape index (κ1) is 12.2. The summed E-state index contributed by atoms with van der Waals surface area (Å²) in [5.41, 5.74) is 6.78. The number of piperidine rings is 3. The zero-order chi connectivity index (χ0) is 13.4. The topological polar surface area (TPSA) is 84.4 Å². The highest BCUT2D eigenvalue weighted by Crippen LogP contribution is 2.31. The van der Waals surface area contributed by atoms with Crippen molar-refractivity contribution in [3.8, 4) is 0 Å². The maximum Gasteiger partial charge on any atom is 0.292 e. The number of hydrogen-bond donors (Lipinski definition) is 2. The van der Waals surface area contributed by atoms with Gasteiger partial charge in [0.05, 0.1) is 4.92 Å². The Morgan fingerprint density at radius 3 is 2.63 bits per heavy atom. The van der Waals surface area contributed by atoms with Gasteiger partial charge >= 0.3 is 0 Å². The van der Waals surface area contributed by atoms with Gasteiger partial charge < -0.3 is 16.0 Å². The molecule has 3 fully saturated rings. The van der Waals surface area contributed by atoms with E-state index < -0.39 is 4.92 Å². The molecule has 3 heterocycles. The van der Waals surface area contributed by atoms with Crippen LogP contribution in [0.1, 0.15) is 12.8 Å². The number of nitrogens with two attached hydrogens (primary N) is 1. The van der Waals surface area contributed by atoms with E-state index in [1.165, 1.54) is 32.0 Å². The van der Waals surface area contributed by atoms with Crippen molar-refractivity contribution in [2.45, 2.75) is 18.9 Å². The average Bonchev–Trinajstić information content (AvgIpc) is 2.39. The van der Waals surface area contributed by atoms with Gasteiger partial charge in [-0.25, -0.2) is 0 Å². The van der Waals surface area contributed by atoms with Crippen LogP contribution in [0, 0.1) is 16.0 Å². The Morgan fingerprint density at radius 1 is 1.37 bits per heavy atom. The minimum Gasteiger partial charge on any atom is -0.393 e. The lowest BCUT2D eigenvalue weighted by molar-refractivity contribution is -0.383. The Kier molecular flexibility index (Phi) is 3.02. The van der Waals surface area contributed by atoms with Crippen LogP contribution >= 0.6 is 0 Å². The first-order chi connectivity index (χ1) is 9.13. The van der Waals surface area contributed by atoms with E-state index in [2.05, 4.69) is 10.2 Å². The van der Waals surface area contributed by atoms with Crippen molar-refractivity contribution >= 4 is 17.1 Å². The number of nitro benzene ring substituents is 1. The highest BCUT2D eigenvalue weighted by Gasteiger charge is 2.33. The lowest BCUT2D eigenvalue weighted by Crippen LogP contribution is -2.53. The van der Waals surface area contributed by atoms with Crippen molar-refractivity contribution < 1.29 is 4.92 Å². The second kappa shape index (κ2) is 4.70. The minimum absolute atomic E-state index is 0.0283. The Hall–Kier alpha value is -1.82. The van der Waals surface area contributed by atoms with E-state index >= 15 is 0 Å². The third-order valence-electron chi connectivity index (χ3n) is 4.23. The second-order valence-corrected chi connectivity index (χ2v) is 5.42. The summed E-state index contributed by atoms with van der Waals surface area (Å²) in [5.74, 6) is 0.710. The number of benzene rings is 1. The molecule has 6 nitrogen and oxygen atoms in total. The molecule has 0 aromatic heterocycles. The lowest BCUT2D eigenvalue weighted by Gasteiger charge is -2.45. The summed E-state index contributed by atoms with van der Waals surface area (Å²) >= 11 is 0. The Morgan fingerprint density at radius 2 is 2.11 bits per heavy atom. The average molecular weight is 262 g/mol. The molecule has 6 heteroatoms. The predicted octanol–water partition coefficient (Wildman–Crippen LogP) is 1.68. The molecular formula is C13H18N4O2. The zero-order valence-corrected chi connectivity index (χ0v) is 10.7. The summed E-state index contributed by atoms with van der Waals surface area (Å²) in [6.45, 7) is 3.46. The SMILES string of the molecule is Nc1cc(NC2CN3CCC2CC3)ccc1[N+](=O)[O-]. The molecule has 3 saturated heterocycles. The van der Waals surface area contributed by atoms with Crippen LogP contribution in [-0.2, 0) is 0 Å². The van der Waals surface area contributed by atoms with Crippen LogP contribution in [0.3, 0.4) is 0 Å². The molecule has 3 aliphatic rings. The fraction of sp³-hybridized carbons (Fsp3) is 0.538. The van der Waals surface area contributed by atoms with Gasteiger partial charge in [0.2, 0.25) is 0 Å². The van der Waals surface area contributed by atoms with E-state index in [9.17, 15) is 10.1 Å². The molecule has 0 aliphatic carbocycles. The number of fused-ring (bicyclic) bond motifs is 3. The number of nitrogen functional groups attached to an aromatic ring is 1. The third-order valence-corrected chi connectivity index (χ3v) is 4.23. The standard InChI is InChI=1S/C13H18N4O2/c14-11-7-10(1-2-13(11)17(18)19)15-12-8-16-5-3-9(12)4-6-16/h1-2,7,9,12,15H,3-6,8,14H2. The molecule has 1 aromatic rings. The minimum atomic E-state index is -0.451. The van der Waals surface area contributed by atoms with Crippen LogP contribution in [-0.4, -0.2) is 35.5 Å². The first-order valence-electron chi connectivity index (χ1n) is 6.66. The van der Waals surface area contributed by atoms with Crippen molar-refractivity contribution in [3.05, 3.63) is 28.3 Å². The van der Waals surface area contributed by atoms with Gasteiger partial charge in [-0.2, -0.15) is 0 Å². The van der Waals surface area contributed by atoms with Crippen LogP contribution in [0.4, 0.5) is 17.1 Å². The largest absolute Gasteiger partial charge is 0.393 e. The molecule has 0 spiro atoms. The molecule has 1 atom stereocenters. The van der Waals surface area contributed by atoms with Crippen LogP contribution < -0.4 is 11.1 Å². The maximum absolute atomic E-state index is 10.7. The van der Waals surface area contributed by atoms with E-state index in [1.54, 1.807) is 12.1 Å². The van der Waals surface area contributed by atoms with Crippen molar-refractivity contribution in [1.82, 2.24) is 4.90 Å². The van der Waals surface area contributed by atoms with Crippen LogP contribution in [0.15, 0.2) is 18.2 Å². The quantitative estimate of drug-likeness (QED) is 0.492. The molecule has 1 unspecified atom stereocenters. The number of hydrogen-bond acceptors (Lipinski definition) is 5. The monoisotopic (exact) mass is 262 g/mol. The van der Waals surface area contributed by atoms with Gasteiger partial charge in [-0.3, -0.25) is 10.1 Å². The van der Waals surface area contributed by atoms with Crippen molar-refractivity contribution in [2.24, 2.45) is 5.92 Å². The first-order valence-corrected chi connectivity index (χ1v) is 6.66. The molecule has 102 valence electrons. The second-order valence-electron chi connectivity index (χ2n) is 5.42. The molecular weight excluding hydrogens is 244 g/mol. The van der Waals surface area contributed by atoms with Crippen LogP contribution in [0.25, 0.3) is 0 Å². The van der Waals surface area contributed by atoms with E-state index in [1.807, 2.05) is 0 Å². The number of nitro groups is 1. The highest BCUT2D eigenvalue weighted by atomic mass is 16.6. The molecule has 1 aromatic carbocycles. The molecule has 3 aliphatic heterocycles. The maximum atomic E-state index is 10.7. The predicted molar refractivity (Wildman–Crippen MR) is 74.1 cm³/mol. The van der Waals surface area contributed by atoms with Crippen molar-refractivity contribution in [2.75, 3.05) is 30.7 Å². The normalized spacial score (nSPS) is 29.2. The van der Waals surface area contributed by atoms with E-state index in [0.29, 0.717) is 12.0 Å². The molecule has 0 amide bonds. The van der Waals surface area contributed by atoms with Gasteiger partial charge in [-0.15, -0.1) is 0 Å². The lowest BCUT2D eigenvalue weighted by atomic mass is 9.84. The molecule has 4 rings (SSSR count). The summed E-state index contributed by atoms with van der Waals surface area (Å²) in [6, 6.07) is 5.31. The summed E-state index contributed by atoms with van der Waals surface area (Å²) < 4.78 is 0. The molecule has 0 radical (unpaired) electrons. The number of nitrogens with one attached hydrogen (secondary N) is 1. The number of rotatable bonds is 3. The Bertz CT molecular complexity index is 497. The van der Waals surface area contributed by atoms with Gasteiger partial charge in [0.1, 0.15) is 5.69 Å². The van der Waals surface area contributed by atoms with Crippen LogP contribution in [0.2, 0.25) is 0 Å². The van der Waals surface area contributed by atoms with E-state index in [4.69, 9.17) is 5.73 Å². The fourth-order valence-electron chi connectivity index (χ4n) is 3.15. The van der Waals surface area contributed by atoms with E-state index in [-0.39, 0.29) is 11.4 Å². The van der Waals surface area contributed by atoms with Crippen molar-refractivity contribution in [1.29, 1.82) is 0 Å². The molecule has 0 saturated carbocycles. The van der Waals surface area contributed by atoms with Gasteiger partial charge in [0.15, 0.2) is 0 Å². The summed E-state index contributed by atoms with van der Waals surface area (Å²) in [4.78, 5) is 12.7. The Labute approximate surface area is 111 Å². The van der Waals surface area contributed by atoms with Crippen LogP contribution in [0.5, 0.6) is 0 Å². The van der Waals surface area contributed by atoms with Gasteiger partial charge in [-0.05, 0) is 44.0 Å². The Balaban J connectivity index is 1.73. The highest BCUT2D eigenvalue weighted by molar-refractivity contribution is 5.66. The smallest absolute Gasteiger partial charge is 0.292 e. The number of nitrogens with zero attached hydrogens (tertiary/aromatic N) is 2. The molecule has 2 bridgehead atoms. The molecule has 3 N–H and O–H groups in total. The van der Waals surface area contributed by atoms with Gasteiger partial charge in [0.25, 0.3) is 5.69 Å². The third kappa shape index (κ3) is 2.35. The van der Waals surface area contributed by atoms with Gasteiger partial charge in [0, 0.05) is 24.3 Å². The summed E-state index contributed by atoms with van der Waals surface area (Å²) in [6.07, 6.45) is 2.47. The summed E-state index contributed by atoms with van der Waals surface area (Å²) in [7, 11) is 0.